The van der Waals surface area contributed by atoms with E-state index in [4.69, 9.17) is 13.6 Å². The van der Waals surface area contributed by atoms with Crippen LogP contribution in [0.5, 0.6) is 0 Å². The minimum absolute atomic E-state index is 0.298. The molecule has 6 rings (SSSR count). The molecule has 1 saturated heterocycles. The first-order valence-electron chi connectivity index (χ1n) is 12.3. The van der Waals surface area contributed by atoms with Gasteiger partial charge in [0.05, 0.1) is 5.54 Å². The van der Waals surface area contributed by atoms with E-state index in [-0.39, 0.29) is 5.82 Å². The summed E-state index contributed by atoms with van der Waals surface area (Å²) >= 11 is 0. The first kappa shape index (κ1) is 24.0. The van der Waals surface area contributed by atoms with Gasteiger partial charge in [0, 0.05) is 80.3 Å². The molecule has 12 heteroatoms. The second-order valence-corrected chi connectivity index (χ2v) is 9.70. The van der Waals surface area contributed by atoms with Crippen molar-refractivity contribution in [2.24, 2.45) is 12.8 Å². The van der Waals surface area contributed by atoms with Crippen molar-refractivity contribution in [3.05, 3.63) is 78.4 Å². The molecular formula is C26H26BFN10. The lowest BCUT2D eigenvalue weighted by molar-refractivity contribution is 0.585. The highest BCUT2D eigenvalue weighted by atomic mass is 19.1. The highest BCUT2D eigenvalue weighted by Gasteiger charge is 2.26. The molecule has 1 fully saturated rings. The van der Waals surface area contributed by atoms with Crippen LogP contribution >= 0.6 is 0 Å². The molecule has 38 heavy (non-hydrogen) atoms. The number of hydrogen-bond donors (Lipinski definition) is 1. The van der Waals surface area contributed by atoms with Gasteiger partial charge >= 0.3 is 0 Å². The number of anilines is 2. The summed E-state index contributed by atoms with van der Waals surface area (Å²) in [7, 11) is 7.93. The van der Waals surface area contributed by atoms with E-state index < -0.39 is 5.54 Å². The highest BCUT2D eigenvalue weighted by Crippen LogP contribution is 2.28. The standard InChI is InChI=1S/C26H26BFN10/c1-26(29,18-3-5-20(28)6-4-18)19-12-30-25(31-13-19)37-9-7-36(8-10-37)24-22-11-17(14-38(22)33-16-32-24)21-15-35(2)34-23(21)27/h3-6,11-16H,7-10,29H2,1-2H3/t26-/m0/s1. The Morgan fingerprint density at radius 1 is 0.947 bits per heavy atom. The van der Waals surface area contributed by atoms with Crippen LogP contribution in [0.1, 0.15) is 18.1 Å². The van der Waals surface area contributed by atoms with Crippen molar-refractivity contribution in [3.63, 3.8) is 0 Å². The van der Waals surface area contributed by atoms with Crippen molar-refractivity contribution in [1.29, 1.82) is 0 Å². The largest absolute Gasteiger partial charge is 0.351 e. The number of benzene rings is 1. The Morgan fingerprint density at radius 2 is 1.63 bits per heavy atom. The maximum atomic E-state index is 13.3. The Hall–Kier alpha value is -4.32. The van der Waals surface area contributed by atoms with E-state index in [1.165, 1.54) is 12.1 Å². The average molecular weight is 508 g/mol. The van der Waals surface area contributed by atoms with E-state index >= 15 is 0 Å². The normalized spacial score (nSPS) is 15.7. The van der Waals surface area contributed by atoms with Gasteiger partial charge in [0.2, 0.25) is 5.95 Å². The Morgan fingerprint density at radius 3 is 2.29 bits per heavy atom. The van der Waals surface area contributed by atoms with E-state index in [1.54, 1.807) is 35.5 Å². The van der Waals surface area contributed by atoms with Crippen molar-refractivity contribution in [2.75, 3.05) is 36.0 Å². The number of aryl methyl sites for hydroxylation is 1. The van der Waals surface area contributed by atoms with Gasteiger partial charge in [0.1, 0.15) is 25.5 Å². The number of piperazine rings is 1. The number of fused-ring (bicyclic) bond motifs is 1. The molecule has 0 aliphatic carbocycles. The zero-order valence-corrected chi connectivity index (χ0v) is 21.2. The van der Waals surface area contributed by atoms with Crippen molar-refractivity contribution in [3.8, 4) is 11.1 Å². The molecule has 2 radical (unpaired) electrons. The molecule has 4 aromatic heterocycles. The lowest BCUT2D eigenvalue weighted by Gasteiger charge is -2.35. The Labute approximate surface area is 220 Å². The molecule has 0 bridgehead atoms. The second-order valence-electron chi connectivity index (χ2n) is 9.70. The summed E-state index contributed by atoms with van der Waals surface area (Å²) in [5, 5.41) is 8.63. The maximum Gasteiger partial charge on any atom is 0.225 e. The Bertz CT molecular complexity index is 1590. The van der Waals surface area contributed by atoms with Crippen molar-refractivity contribution in [2.45, 2.75) is 12.5 Å². The molecule has 0 amide bonds. The fourth-order valence-electron chi connectivity index (χ4n) is 4.87. The summed E-state index contributed by atoms with van der Waals surface area (Å²) in [4.78, 5) is 18.2. The molecule has 5 heterocycles. The predicted octanol–water partition coefficient (Wildman–Crippen LogP) is 1.40. The second kappa shape index (κ2) is 9.21. The average Bonchev–Trinajstić information content (AvgIpc) is 3.51. The zero-order valence-electron chi connectivity index (χ0n) is 21.2. The molecule has 5 aromatic rings. The number of nitrogens with zero attached hydrogens (tertiary/aromatic N) is 9. The van der Waals surface area contributed by atoms with E-state index in [9.17, 15) is 4.39 Å². The molecule has 1 atom stereocenters. The summed E-state index contributed by atoms with van der Waals surface area (Å²) in [5.41, 5.74) is 10.5. The van der Waals surface area contributed by atoms with Gasteiger partial charge in [0.15, 0.2) is 5.82 Å². The van der Waals surface area contributed by atoms with Gasteiger partial charge in [-0.1, -0.05) is 12.1 Å². The van der Waals surface area contributed by atoms with Crippen LogP contribution in [0, 0.1) is 5.82 Å². The number of rotatable bonds is 5. The third kappa shape index (κ3) is 4.26. The molecule has 1 aliphatic heterocycles. The molecule has 0 saturated carbocycles. The third-order valence-corrected chi connectivity index (χ3v) is 7.10. The van der Waals surface area contributed by atoms with Gasteiger partial charge < -0.3 is 15.5 Å². The molecule has 190 valence electrons. The minimum Gasteiger partial charge on any atom is -0.351 e. The monoisotopic (exact) mass is 508 g/mol. The van der Waals surface area contributed by atoms with Crippen molar-refractivity contribution < 1.29 is 4.39 Å². The van der Waals surface area contributed by atoms with Crippen LogP contribution < -0.4 is 21.1 Å². The molecule has 0 spiro atoms. The highest BCUT2D eigenvalue weighted by molar-refractivity contribution is 6.34. The number of hydrogen-bond acceptors (Lipinski definition) is 8. The van der Waals surface area contributed by atoms with Gasteiger partial charge in [-0.3, -0.25) is 4.68 Å². The molecular weight excluding hydrogens is 482 g/mol. The third-order valence-electron chi connectivity index (χ3n) is 7.10. The van der Waals surface area contributed by atoms with E-state index in [0.717, 1.165) is 59.8 Å². The Kier molecular flexibility index (Phi) is 5.83. The maximum absolute atomic E-state index is 13.3. The number of nitrogens with two attached hydrogens (primary N) is 1. The van der Waals surface area contributed by atoms with Crippen LogP contribution in [0.2, 0.25) is 0 Å². The van der Waals surface area contributed by atoms with Crippen LogP contribution in [0.4, 0.5) is 16.2 Å². The summed E-state index contributed by atoms with van der Waals surface area (Å²) in [5.74, 6) is 1.21. The molecule has 0 unspecified atom stereocenters. The fraction of sp³-hybridized carbons (Fsp3) is 0.269. The van der Waals surface area contributed by atoms with Gasteiger partial charge in [-0.05, 0) is 30.7 Å². The van der Waals surface area contributed by atoms with Crippen LogP contribution in [-0.4, -0.2) is 68.4 Å². The molecule has 10 nitrogen and oxygen atoms in total. The van der Waals surface area contributed by atoms with Crippen LogP contribution in [0.15, 0.2) is 61.4 Å². The van der Waals surface area contributed by atoms with Gasteiger partial charge in [-0.15, -0.1) is 0 Å². The molecule has 1 aromatic carbocycles. The van der Waals surface area contributed by atoms with Gasteiger partial charge in [-0.25, -0.2) is 23.9 Å². The van der Waals surface area contributed by atoms with E-state index in [0.29, 0.717) is 11.5 Å². The number of aromatic nitrogens is 7. The molecule has 1 aliphatic rings. The summed E-state index contributed by atoms with van der Waals surface area (Å²) in [6.07, 6.45) is 8.90. The summed E-state index contributed by atoms with van der Waals surface area (Å²) in [6.45, 7) is 4.83. The topological polar surface area (TPSA) is 106 Å². The number of halogens is 1. The van der Waals surface area contributed by atoms with Crippen molar-refractivity contribution >= 4 is 30.7 Å². The van der Waals surface area contributed by atoms with Crippen molar-refractivity contribution in [1.82, 2.24) is 34.3 Å². The lowest BCUT2D eigenvalue weighted by Crippen LogP contribution is -2.47. The fourth-order valence-corrected chi connectivity index (χ4v) is 4.87. The molecule has 2 N–H and O–H groups in total. The summed E-state index contributed by atoms with van der Waals surface area (Å²) in [6, 6.07) is 8.23. The first-order chi connectivity index (χ1) is 18.3. The smallest absolute Gasteiger partial charge is 0.225 e. The SMILES string of the molecule is [B]c1nn(C)cc1-c1cc2c(N3CCN(c4ncc([C@@](C)(N)c5ccc(F)cc5)cn4)CC3)ncnn2c1. The Balaban J connectivity index is 1.17. The predicted molar refractivity (Wildman–Crippen MR) is 144 cm³/mol. The lowest BCUT2D eigenvalue weighted by atomic mass is 9.87. The van der Waals surface area contributed by atoms with Crippen LogP contribution in [0.3, 0.4) is 0 Å². The van der Waals surface area contributed by atoms with E-state index in [2.05, 4.69) is 34.9 Å². The first-order valence-corrected chi connectivity index (χ1v) is 12.3. The van der Waals surface area contributed by atoms with Gasteiger partial charge in [-0.2, -0.15) is 10.2 Å². The minimum atomic E-state index is -0.833. The van der Waals surface area contributed by atoms with Gasteiger partial charge in [0.25, 0.3) is 0 Å². The zero-order chi connectivity index (χ0) is 26.4. The quantitative estimate of drug-likeness (QED) is 0.356. The van der Waals surface area contributed by atoms with Crippen LogP contribution in [-0.2, 0) is 12.6 Å². The summed E-state index contributed by atoms with van der Waals surface area (Å²) < 4.78 is 16.9. The van der Waals surface area contributed by atoms with Crippen LogP contribution in [0.25, 0.3) is 16.6 Å². The van der Waals surface area contributed by atoms with E-state index in [1.807, 2.05) is 36.9 Å².